The third-order valence-electron chi connectivity index (χ3n) is 5.11. The highest BCUT2D eigenvalue weighted by Gasteiger charge is 2.22. The molecule has 0 aliphatic carbocycles. The first kappa shape index (κ1) is 20.8. The van der Waals surface area contributed by atoms with E-state index in [1.165, 1.54) is 0 Å². The fourth-order valence-corrected chi connectivity index (χ4v) is 3.49. The molecule has 1 aliphatic rings. The predicted octanol–water partition coefficient (Wildman–Crippen LogP) is 4.61. The lowest BCUT2D eigenvalue weighted by Gasteiger charge is -2.27. The smallest absolute Gasteiger partial charge is 0.315 e. The van der Waals surface area contributed by atoms with Crippen LogP contribution in [0.3, 0.4) is 0 Å². The monoisotopic (exact) mass is 398 g/mol. The molecule has 2 amide bonds. The third-order valence-corrected chi connectivity index (χ3v) is 5.11. The van der Waals surface area contributed by atoms with Gasteiger partial charge in [0.2, 0.25) is 0 Å². The van der Waals surface area contributed by atoms with Gasteiger partial charge in [-0.15, -0.1) is 0 Å². The van der Waals surface area contributed by atoms with Crippen molar-refractivity contribution in [1.29, 1.82) is 0 Å². The number of benzene rings is 2. The Labute approximate surface area is 172 Å². The van der Waals surface area contributed by atoms with E-state index in [1.54, 1.807) is 7.11 Å². The van der Waals surface area contributed by atoms with Gasteiger partial charge in [-0.25, -0.2) is 4.79 Å². The molecule has 0 saturated heterocycles. The second-order valence-electron chi connectivity index (χ2n) is 7.48. The highest BCUT2D eigenvalue weighted by molar-refractivity contribution is 5.75. The number of carbonyl (C=O) groups excluding carboxylic acids is 1. The van der Waals surface area contributed by atoms with Gasteiger partial charge in [-0.3, -0.25) is 0 Å². The number of amides is 2. The van der Waals surface area contributed by atoms with Crippen LogP contribution in [0, 0.1) is 5.92 Å². The molecule has 3 rings (SSSR count). The number of ether oxygens (including phenoxy) is 3. The summed E-state index contributed by atoms with van der Waals surface area (Å²) in [5.41, 5.74) is 2.04. The second-order valence-corrected chi connectivity index (χ2v) is 7.48. The fraction of sp³-hybridized carbons (Fsp3) is 0.435. The number of hydrogen-bond acceptors (Lipinski definition) is 4. The maximum atomic E-state index is 12.8. The molecule has 2 aromatic carbocycles. The molecule has 0 spiro atoms. The summed E-state index contributed by atoms with van der Waals surface area (Å²) in [6.07, 6.45) is 0.788. The van der Waals surface area contributed by atoms with Crippen molar-refractivity contribution in [3.63, 3.8) is 0 Å². The molecule has 2 atom stereocenters. The predicted molar refractivity (Wildman–Crippen MR) is 113 cm³/mol. The normalized spacial score (nSPS) is 14.8. The Balaban J connectivity index is 1.70. The summed E-state index contributed by atoms with van der Waals surface area (Å²) in [5, 5.41) is 6.22. The molecule has 0 aromatic heterocycles. The van der Waals surface area contributed by atoms with Crippen LogP contribution < -0.4 is 24.8 Å². The van der Waals surface area contributed by atoms with Crippen molar-refractivity contribution in [1.82, 2.24) is 10.6 Å². The first-order valence-electron chi connectivity index (χ1n) is 10.1. The van der Waals surface area contributed by atoms with Crippen LogP contribution in [0.5, 0.6) is 17.2 Å². The van der Waals surface area contributed by atoms with Crippen molar-refractivity contribution < 1.29 is 19.0 Å². The molecule has 0 unspecified atom stereocenters. The lowest BCUT2D eigenvalue weighted by molar-refractivity contribution is 0.171. The fourth-order valence-electron chi connectivity index (χ4n) is 3.49. The maximum Gasteiger partial charge on any atom is 0.315 e. The van der Waals surface area contributed by atoms with Crippen molar-refractivity contribution in [2.45, 2.75) is 39.3 Å². The van der Waals surface area contributed by atoms with Gasteiger partial charge in [0.15, 0.2) is 11.5 Å². The largest absolute Gasteiger partial charge is 0.497 e. The van der Waals surface area contributed by atoms with Gasteiger partial charge in [0.05, 0.1) is 19.2 Å². The lowest BCUT2D eigenvalue weighted by atomic mass is 9.95. The summed E-state index contributed by atoms with van der Waals surface area (Å²) in [6.45, 7) is 7.32. The molecule has 0 fully saturated rings. The molecular weight excluding hydrogens is 368 g/mol. The van der Waals surface area contributed by atoms with Gasteiger partial charge in [-0.05, 0) is 47.7 Å². The second kappa shape index (κ2) is 9.54. The molecule has 2 aromatic rings. The minimum absolute atomic E-state index is 0.0750. The van der Waals surface area contributed by atoms with Crippen LogP contribution in [0.15, 0.2) is 42.5 Å². The Morgan fingerprint density at radius 2 is 1.66 bits per heavy atom. The van der Waals surface area contributed by atoms with Crippen molar-refractivity contribution in [3.05, 3.63) is 53.6 Å². The summed E-state index contributed by atoms with van der Waals surface area (Å²) < 4.78 is 16.5. The van der Waals surface area contributed by atoms with Gasteiger partial charge in [0, 0.05) is 0 Å². The van der Waals surface area contributed by atoms with Crippen LogP contribution in [-0.4, -0.2) is 26.4 Å². The molecular formula is C23H30N2O4. The minimum Gasteiger partial charge on any atom is -0.497 e. The third kappa shape index (κ3) is 5.13. The number of fused-ring (bicyclic) bond motifs is 1. The van der Waals surface area contributed by atoms with E-state index in [2.05, 4.69) is 31.4 Å². The molecule has 0 radical (unpaired) electrons. The number of nitrogens with one attached hydrogen (secondary N) is 2. The summed E-state index contributed by atoms with van der Waals surface area (Å²) >= 11 is 0. The van der Waals surface area contributed by atoms with Crippen molar-refractivity contribution in [3.8, 4) is 17.2 Å². The molecule has 2 N–H and O–H groups in total. The molecule has 1 heterocycles. The van der Waals surface area contributed by atoms with Crippen LogP contribution in [0.1, 0.15) is 50.4 Å². The topological polar surface area (TPSA) is 68.8 Å². The van der Waals surface area contributed by atoms with E-state index in [0.29, 0.717) is 13.2 Å². The van der Waals surface area contributed by atoms with Gasteiger partial charge < -0.3 is 24.8 Å². The van der Waals surface area contributed by atoms with Gasteiger partial charge >= 0.3 is 6.03 Å². The number of methoxy groups -OCH3 is 1. The summed E-state index contributed by atoms with van der Waals surface area (Å²) in [5.74, 6) is 2.49. The molecule has 29 heavy (non-hydrogen) atoms. The number of rotatable bonds is 7. The zero-order valence-electron chi connectivity index (χ0n) is 17.5. The highest BCUT2D eigenvalue weighted by atomic mass is 16.6. The van der Waals surface area contributed by atoms with Gasteiger partial charge in [0.25, 0.3) is 0 Å². The van der Waals surface area contributed by atoms with E-state index in [9.17, 15) is 4.79 Å². The average molecular weight is 399 g/mol. The minimum atomic E-state index is -0.193. The van der Waals surface area contributed by atoms with Gasteiger partial charge in [-0.1, -0.05) is 39.0 Å². The van der Waals surface area contributed by atoms with Gasteiger partial charge in [-0.2, -0.15) is 0 Å². The number of hydrogen-bond donors (Lipinski definition) is 2. The van der Waals surface area contributed by atoms with Gasteiger partial charge in [0.1, 0.15) is 19.0 Å². The molecule has 156 valence electrons. The van der Waals surface area contributed by atoms with E-state index < -0.39 is 0 Å². The lowest BCUT2D eigenvalue weighted by Crippen LogP contribution is -2.41. The standard InChI is InChI=1S/C23H30N2O4/c1-5-19(16-6-9-18(27-4)10-7-16)24-23(26)25-22(15(2)3)17-8-11-20-21(14-17)29-13-12-28-20/h6-11,14-15,19,22H,5,12-13H2,1-4H3,(H2,24,25,26)/t19-,22-/m0/s1. The zero-order chi connectivity index (χ0) is 20.8. The maximum absolute atomic E-state index is 12.8. The number of urea groups is 1. The van der Waals surface area contributed by atoms with Crippen molar-refractivity contribution in [2.75, 3.05) is 20.3 Å². The van der Waals surface area contributed by atoms with Crippen LogP contribution in [0.4, 0.5) is 4.79 Å². The molecule has 1 aliphatic heterocycles. The Morgan fingerprint density at radius 1 is 1.00 bits per heavy atom. The van der Waals surface area contributed by atoms with Crippen LogP contribution in [0.2, 0.25) is 0 Å². The highest BCUT2D eigenvalue weighted by Crippen LogP contribution is 2.34. The summed E-state index contributed by atoms with van der Waals surface area (Å²) in [7, 11) is 1.64. The van der Waals surface area contributed by atoms with E-state index in [4.69, 9.17) is 14.2 Å². The molecule has 6 heteroatoms. The average Bonchev–Trinajstić information content (AvgIpc) is 2.75. The Hall–Kier alpha value is -2.89. The van der Waals surface area contributed by atoms with E-state index >= 15 is 0 Å². The van der Waals surface area contributed by atoms with E-state index in [0.717, 1.165) is 34.8 Å². The SMILES string of the molecule is CC[C@H](NC(=O)N[C@H](c1ccc2c(c1)OCCO2)C(C)C)c1ccc(OC)cc1. The van der Waals surface area contributed by atoms with Crippen LogP contribution in [-0.2, 0) is 0 Å². The quantitative estimate of drug-likeness (QED) is 0.714. The van der Waals surface area contributed by atoms with Crippen molar-refractivity contribution >= 4 is 6.03 Å². The Kier molecular flexibility index (Phi) is 6.86. The van der Waals surface area contributed by atoms with Crippen LogP contribution in [0.25, 0.3) is 0 Å². The van der Waals surface area contributed by atoms with E-state index in [1.807, 2.05) is 42.5 Å². The van der Waals surface area contributed by atoms with Crippen LogP contribution >= 0.6 is 0 Å². The summed E-state index contributed by atoms with van der Waals surface area (Å²) in [4.78, 5) is 12.8. The zero-order valence-corrected chi connectivity index (χ0v) is 17.5. The van der Waals surface area contributed by atoms with Crippen molar-refractivity contribution in [2.24, 2.45) is 5.92 Å². The first-order valence-corrected chi connectivity index (χ1v) is 10.1. The molecule has 6 nitrogen and oxygen atoms in total. The molecule has 0 saturated carbocycles. The molecule has 0 bridgehead atoms. The van der Waals surface area contributed by atoms with E-state index in [-0.39, 0.29) is 24.0 Å². The Morgan fingerprint density at radius 3 is 2.28 bits per heavy atom. The number of carbonyl (C=O) groups is 1. The Bertz CT molecular complexity index is 820. The summed E-state index contributed by atoms with van der Waals surface area (Å²) in [6, 6.07) is 13.2. The first-order chi connectivity index (χ1) is 14.0.